The van der Waals surface area contributed by atoms with Crippen molar-refractivity contribution >= 4 is 0 Å². The Labute approximate surface area is 99.5 Å². The van der Waals surface area contributed by atoms with Gasteiger partial charge in [-0.1, -0.05) is 22.9 Å². The van der Waals surface area contributed by atoms with E-state index in [1.807, 2.05) is 13.0 Å². The van der Waals surface area contributed by atoms with Gasteiger partial charge in [-0.2, -0.15) is 0 Å². The first-order chi connectivity index (χ1) is 8.13. The second-order valence-corrected chi connectivity index (χ2v) is 4.03. The largest absolute Gasteiger partial charge is 0.308 e. The van der Waals surface area contributed by atoms with Crippen molar-refractivity contribution in [3.8, 4) is 0 Å². The van der Waals surface area contributed by atoms with Gasteiger partial charge in [0.25, 0.3) is 0 Å². The predicted molar refractivity (Wildman–Crippen MR) is 63.0 cm³/mol. The fourth-order valence-corrected chi connectivity index (χ4v) is 1.91. The second kappa shape index (κ2) is 4.63. The molecular weight excluding hydrogens is 219 g/mol. The molecule has 0 bridgehead atoms. The van der Waals surface area contributed by atoms with E-state index in [2.05, 4.69) is 15.6 Å². The highest BCUT2D eigenvalue weighted by Crippen LogP contribution is 2.23. The first-order valence-corrected chi connectivity index (χ1v) is 5.41. The van der Waals surface area contributed by atoms with E-state index in [1.165, 1.54) is 6.07 Å². The van der Waals surface area contributed by atoms with Crippen LogP contribution in [0.15, 0.2) is 24.4 Å². The van der Waals surface area contributed by atoms with Gasteiger partial charge in [0, 0.05) is 12.6 Å². The fraction of sp³-hybridized carbons (Fsp3) is 0.333. The zero-order chi connectivity index (χ0) is 12.4. The molecule has 1 heterocycles. The van der Waals surface area contributed by atoms with Crippen molar-refractivity contribution in [3.05, 3.63) is 47.0 Å². The summed E-state index contributed by atoms with van der Waals surface area (Å²) in [6.45, 7) is 1.94. The molecule has 1 atom stereocenters. The molecule has 17 heavy (non-hydrogen) atoms. The summed E-state index contributed by atoms with van der Waals surface area (Å²) >= 11 is 0. The van der Waals surface area contributed by atoms with Gasteiger partial charge < -0.3 is 5.32 Å². The van der Waals surface area contributed by atoms with Gasteiger partial charge in [-0.15, -0.1) is 5.10 Å². The van der Waals surface area contributed by atoms with Crippen LogP contribution in [0.3, 0.4) is 0 Å². The van der Waals surface area contributed by atoms with E-state index >= 15 is 0 Å². The number of hydrogen-bond donors (Lipinski definition) is 1. The van der Waals surface area contributed by atoms with Gasteiger partial charge in [0.15, 0.2) is 0 Å². The predicted octanol–water partition coefficient (Wildman–Crippen LogP) is 1.57. The van der Waals surface area contributed by atoms with Crippen molar-refractivity contribution in [1.82, 2.24) is 20.3 Å². The standard InChI is InChI=1S/C12H15FN4/c1-8-4-5-10(13)9(6-8)12(14-2)11-7-15-16-17(11)3/h4-7,12,14H,1-3H3. The molecule has 0 radical (unpaired) electrons. The molecule has 2 rings (SSSR count). The lowest BCUT2D eigenvalue weighted by atomic mass is 10.0. The molecule has 1 aromatic carbocycles. The zero-order valence-electron chi connectivity index (χ0n) is 10.1. The maximum absolute atomic E-state index is 13.8. The number of nitrogens with zero attached hydrogens (tertiary/aromatic N) is 3. The quantitative estimate of drug-likeness (QED) is 0.876. The summed E-state index contributed by atoms with van der Waals surface area (Å²) in [6.07, 6.45) is 1.64. The van der Waals surface area contributed by atoms with Gasteiger partial charge in [-0.05, 0) is 20.0 Å². The number of nitrogens with one attached hydrogen (secondary N) is 1. The van der Waals surface area contributed by atoms with Crippen LogP contribution in [-0.2, 0) is 7.05 Å². The Hall–Kier alpha value is -1.75. The molecule has 4 nitrogen and oxygen atoms in total. The number of halogens is 1. The summed E-state index contributed by atoms with van der Waals surface area (Å²) in [5, 5.41) is 10.8. The fourth-order valence-electron chi connectivity index (χ4n) is 1.91. The Morgan fingerprint density at radius 1 is 1.41 bits per heavy atom. The van der Waals surface area contributed by atoms with Crippen LogP contribution in [0.1, 0.15) is 22.9 Å². The van der Waals surface area contributed by atoms with E-state index in [4.69, 9.17) is 0 Å². The van der Waals surface area contributed by atoms with E-state index in [9.17, 15) is 4.39 Å². The van der Waals surface area contributed by atoms with Crippen molar-refractivity contribution in [2.24, 2.45) is 7.05 Å². The normalized spacial score (nSPS) is 12.7. The van der Waals surface area contributed by atoms with Crippen molar-refractivity contribution in [1.29, 1.82) is 0 Å². The number of rotatable bonds is 3. The smallest absolute Gasteiger partial charge is 0.128 e. The molecule has 0 aliphatic rings. The van der Waals surface area contributed by atoms with Gasteiger partial charge in [-0.25, -0.2) is 4.39 Å². The molecule has 5 heteroatoms. The molecule has 1 N–H and O–H groups in total. The minimum atomic E-state index is -0.241. The summed E-state index contributed by atoms with van der Waals surface area (Å²) < 4.78 is 15.5. The molecule has 0 fully saturated rings. The minimum absolute atomic E-state index is 0.226. The van der Waals surface area contributed by atoms with Crippen LogP contribution < -0.4 is 5.32 Å². The maximum Gasteiger partial charge on any atom is 0.128 e. The lowest BCUT2D eigenvalue weighted by molar-refractivity contribution is 0.549. The van der Waals surface area contributed by atoms with Crippen molar-refractivity contribution in [2.75, 3.05) is 7.05 Å². The van der Waals surface area contributed by atoms with Crippen LogP contribution in [0.4, 0.5) is 4.39 Å². The van der Waals surface area contributed by atoms with E-state index in [-0.39, 0.29) is 11.9 Å². The molecule has 1 aromatic heterocycles. The second-order valence-electron chi connectivity index (χ2n) is 4.03. The highest BCUT2D eigenvalue weighted by molar-refractivity contribution is 5.31. The van der Waals surface area contributed by atoms with E-state index in [0.717, 1.165) is 11.3 Å². The summed E-state index contributed by atoms with van der Waals surface area (Å²) in [5.74, 6) is -0.226. The summed E-state index contributed by atoms with van der Waals surface area (Å²) in [4.78, 5) is 0. The van der Waals surface area contributed by atoms with Crippen LogP contribution in [0.25, 0.3) is 0 Å². The third kappa shape index (κ3) is 2.19. The molecule has 0 saturated heterocycles. The monoisotopic (exact) mass is 234 g/mol. The highest BCUT2D eigenvalue weighted by atomic mass is 19.1. The summed E-state index contributed by atoms with van der Waals surface area (Å²) in [6, 6.07) is 4.84. The highest BCUT2D eigenvalue weighted by Gasteiger charge is 2.19. The topological polar surface area (TPSA) is 42.7 Å². The molecule has 0 amide bonds. The van der Waals surface area contributed by atoms with Crippen LogP contribution in [0.2, 0.25) is 0 Å². The number of benzene rings is 1. The Kier molecular flexibility index (Phi) is 3.19. The Morgan fingerprint density at radius 3 is 2.76 bits per heavy atom. The molecular formula is C12H15FN4. The van der Waals surface area contributed by atoms with Gasteiger partial charge in [0.2, 0.25) is 0 Å². The van der Waals surface area contributed by atoms with Gasteiger partial charge >= 0.3 is 0 Å². The lowest BCUT2D eigenvalue weighted by Crippen LogP contribution is -2.21. The van der Waals surface area contributed by atoms with Crippen molar-refractivity contribution < 1.29 is 4.39 Å². The van der Waals surface area contributed by atoms with Gasteiger partial charge in [0.05, 0.1) is 17.9 Å². The molecule has 0 spiro atoms. The third-order valence-corrected chi connectivity index (χ3v) is 2.80. The SMILES string of the molecule is CNC(c1cc(C)ccc1F)c1cnnn1C. The molecule has 0 saturated carbocycles. The number of aryl methyl sites for hydroxylation is 2. The first kappa shape index (κ1) is 11.7. The lowest BCUT2D eigenvalue weighted by Gasteiger charge is -2.17. The van der Waals surface area contributed by atoms with Gasteiger partial charge in [-0.3, -0.25) is 4.68 Å². The van der Waals surface area contributed by atoms with Crippen LogP contribution in [0, 0.1) is 12.7 Å². The zero-order valence-corrected chi connectivity index (χ0v) is 10.1. The molecule has 0 aliphatic carbocycles. The Morgan fingerprint density at radius 2 is 2.18 bits per heavy atom. The Balaban J connectivity index is 2.49. The van der Waals surface area contributed by atoms with E-state index in [1.54, 1.807) is 31.0 Å². The average Bonchev–Trinajstić information content (AvgIpc) is 2.71. The molecule has 2 aromatic rings. The summed E-state index contributed by atoms with van der Waals surface area (Å²) in [5.41, 5.74) is 2.46. The van der Waals surface area contributed by atoms with Gasteiger partial charge in [0.1, 0.15) is 5.82 Å². The average molecular weight is 234 g/mol. The summed E-state index contributed by atoms with van der Waals surface area (Å²) in [7, 11) is 3.58. The van der Waals surface area contributed by atoms with Crippen molar-refractivity contribution in [3.63, 3.8) is 0 Å². The molecule has 0 aliphatic heterocycles. The minimum Gasteiger partial charge on any atom is -0.308 e. The number of hydrogen-bond acceptors (Lipinski definition) is 3. The molecule has 1 unspecified atom stereocenters. The van der Waals surface area contributed by atoms with Crippen LogP contribution in [0.5, 0.6) is 0 Å². The third-order valence-electron chi connectivity index (χ3n) is 2.80. The van der Waals surface area contributed by atoms with Crippen molar-refractivity contribution in [2.45, 2.75) is 13.0 Å². The van der Waals surface area contributed by atoms with E-state index < -0.39 is 0 Å². The van der Waals surface area contributed by atoms with Crippen LogP contribution in [-0.4, -0.2) is 22.0 Å². The molecule has 90 valence electrons. The van der Waals surface area contributed by atoms with Crippen LogP contribution >= 0.6 is 0 Å². The number of aromatic nitrogens is 3. The van der Waals surface area contributed by atoms with E-state index in [0.29, 0.717) is 5.56 Å². The first-order valence-electron chi connectivity index (χ1n) is 5.41. The Bertz CT molecular complexity index is 521. The maximum atomic E-state index is 13.8.